The average molecular weight is 275 g/mol. The lowest BCUT2D eigenvalue weighted by Gasteiger charge is -2.04. The van der Waals surface area contributed by atoms with E-state index in [1.54, 1.807) is 20.5 Å². The van der Waals surface area contributed by atoms with Gasteiger partial charge in [-0.15, -0.1) is 11.3 Å². The topological polar surface area (TPSA) is 52.9 Å². The monoisotopic (exact) mass is 275 g/mol. The SMILES string of the molecule is CC(C)n1ccn(Cc2sccc2C#CCN)c1=O. The summed E-state index contributed by atoms with van der Waals surface area (Å²) >= 11 is 1.61. The van der Waals surface area contributed by atoms with E-state index in [2.05, 4.69) is 11.8 Å². The maximum absolute atomic E-state index is 12.1. The Labute approximate surface area is 116 Å². The van der Waals surface area contributed by atoms with E-state index in [9.17, 15) is 4.79 Å². The molecule has 2 aromatic heterocycles. The lowest BCUT2D eigenvalue weighted by Crippen LogP contribution is -2.25. The van der Waals surface area contributed by atoms with Crippen LogP contribution >= 0.6 is 11.3 Å². The minimum absolute atomic E-state index is 0.0149. The van der Waals surface area contributed by atoms with E-state index in [-0.39, 0.29) is 11.7 Å². The summed E-state index contributed by atoms with van der Waals surface area (Å²) in [6, 6.07) is 2.14. The number of nitrogens with zero attached hydrogens (tertiary/aromatic N) is 2. The van der Waals surface area contributed by atoms with E-state index < -0.39 is 0 Å². The lowest BCUT2D eigenvalue weighted by molar-refractivity contribution is 0.562. The molecule has 0 aliphatic rings. The van der Waals surface area contributed by atoms with Crippen molar-refractivity contribution >= 4 is 11.3 Å². The Balaban J connectivity index is 2.27. The molecule has 2 aromatic rings. The summed E-state index contributed by atoms with van der Waals surface area (Å²) in [5.41, 5.74) is 6.35. The summed E-state index contributed by atoms with van der Waals surface area (Å²) in [6.07, 6.45) is 3.65. The molecule has 0 saturated carbocycles. The van der Waals surface area contributed by atoms with Gasteiger partial charge in [-0.25, -0.2) is 4.79 Å². The van der Waals surface area contributed by atoms with Crippen LogP contribution < -0.4 is 11.4 Å². The second kappa shape index (κ2) is 5.91. The van der Waals surface area contributed by atoms with Crippen molar-refractivity contribution in [1.29, 1.82) is 0 Å². The summed E-state index contributed by atoms with van der Waals surface area (Å²) in [6.45, 7) is 4.90. The third-order valence-electron chi connectivity index (χ3n) is 2.81. The first kappa shape index (κ1) is 13.7. The summed E-state index contributed by atoms with van der Waals surface area (Å²) in [5, 5.41) is 1.99. The minimum Gasteiger partial charge on any atom is -0.320 e. The molecule has 0 unspecified atom stereocenters. The van der Waals surface area contributed by atoms with E-state index in [0.717, 1.165) is 10.4 Å². The van der Waals surface area contributed by atoms with Gasteiger partial charge in [0.1, 0.15) is 0 Å². The van der Waals surface area contributed by atoms with Crippen molar-refractivity contribution in [2.75, 3.05) is 6.54 Å². The Hall–Kier alpha value is -1.77. The van der Waals surface area contributed by atoms with Crippen LogP contribution in [0.5, 0.6) is 0 Å². The fraction of sp³-hybridized carbons (Fsp3) is 0.357. The Morgan fingerprint density at radius 2 is 2.21 bits per heavy atom. The maximum atomic E-state index is 12.1. The molecule has 0 spiro atoms. The van der Waals surface area contributed by atoms with Gasteiger partial charge in [-0.05, 0) is 25.3 Å². The summed E-state index contributed by atoms with van der Waals surface area (Å²) in [4.78, 5) is 13.2. The van der Waals surface area contributed by atoms with Gasteiger partial charge < -0.3 is 5.73 Å². The highest BCUT2D eigenvalue weighted by Crippen LogP contribution is 2.16. The first-order chi connectivity index (χ1) is 9.13. The van der Waals surface area contributed by atoms with E-state index in [0.29, 0.717) is 13.1 Å². The van der Waals surface area contributed by atoms with Gasteiger partial charge in [-0.1, -0.05) is 11.8 Å². The predicted molar refractivity (Wildman–Crippen MR) is 78.4 cm³/mol. The summed E-state index contributed by atoms with van der Waals surface area (Å²) < 4.78 is 3.43. The lowest BCUT2D eigenvalue weighted by atomic mass is 10.2. The zero-order valence-corrected chi connectivity index (χ0v) is 11.9. The molecule has 19 heavy (non-hydrogen) atoms. The number of rotatable bonds is 3. The first-order valence-electron chi connectivity index (χ1n) is 6.16. The zero-order chi connectivity index (χ0) is 13.8. The van der Waals surface area contributed by atoms with E-state index in [1.807, 2.05) is 37.7 Å². The molecule has 0 aromatic carbocycles. The van der Waals surface area contributed by atoms with Crippen LogP contribution in [0, 0.1) is 11.8 Å². The van der Waals surface area contributed by atoms with E-state index in [4.69, 9.17) is 5.73 Å². The average Bonchev–Trinajstić information content (AvgIpc) is 2.95. The molecule has 2 heterocycles. The number of imidazole rings is 1. The Morgan fingerprint density at radius 1 is 1.42 bits per heavy atom. The molecule has 2 N–H and O–H groups in total. The fourth-order valence-corrected chi connectivity index (χ4v) is 2.64. The van der Waals surface area contributed by atoms with Crippen molar-refractivity contribution < 1.29 is 0 Å². The van der Waals surface area contributed by atoms with Crippen LogP contribution in [0.25, 0.3) is 0 Å². The molecule has 2 rings (SSSR count). The highest BCUT2D eigenvalue weighted by atomic mass is 32.1. The van der Waals surface area contributed by atoms with Crippen molar-refractivity contribution in [2.24, 2.45) is 5.73 Å². The van der Waals surface area contributed by atoms with Gasteiger partial charge in [0.05, 0.1) is 13.1 Å². The Kier molecular flexibility index (Phi) is 4.25. The van der Waals surface area contributed by atoms with Gasteiger partial charge >= 0.3 is 5.69 Å². The number of hydrogen-bond acceptors (Lipinski definition) is 3. The van der Waals surface area contributed by atoms with Crippen molar-refractivity contribution in [1.82, 2.24) is 9.13 Å². The number of hydrogen-bond donors (Lipinski definition) is 1. The standard InChI is InChI=1S/C14H17N3OS/c1-11(2)17-8-7-16(14(17)18)10-13-12(4-3-6-15)5-9-19-13/h5,7-9,11H,6,10,15H2,1-2H3. The molecule has 0 amide bonds. The second-order valence-electron chi connectivity index (χ2n) is 4.47. The zero-order valence-electron chi connectivity index (χ0n) is 11.1. The molecule has 0 atom stereocenters. The first-order valence-corrected chi connectivity index (χ1v) is 7.04. The highest BCUT2D eigenvalue weighted by Gasteiger charge is 2.09. The molecule has 4 nitrogen and oxygen atoms in total. The summed E-state index contributed by atoms with van der Waals surface area (Å²) in [5.74, 6) is 5.88. The molecular formula is C14H17N3OS. The van der Waals surface area contributed by atoms with Gasteiger partial charge in [0.2, 0.25) is 0 Å². The largest absolute Gasteiger partial charge is 0.328 e. The minimum atomic E-state index is 0.0149. The molecular weight excluding hydrogens is 258 g/mol. The molecule has 0 aliphatic heterocycles. The molecule has 0 radical (unpaired) electrons. The van der Waals surface area contributed by atoms with Crippen LogP contribution in [0.1, 0.15) is 30.3 Å². The number of aromatic nitrogens is 2. The molecule has 0 fully saturated rings. The van der Waals surface area contributed by atoms with Crippen molar-refractivity contribution in [3.8, 4) is 11.8 Å². The van der Waals surface area contributed by atoms with Gasteiger partial charge in [0, 0.05) is 28.9 Å². The van der Waals surface area contributed by atoms with Crippen LogP contribution in [0.4, 0.5) is 0 Å². The van der Waals surface area contributed by atoms with Crippen molar-refractivity contribution in [3.05, 3.63) is 44.8 Å². The van der Waals surface area contributed by atoms with Gasteiger partial charge in [0.25, 0.3) is 0 Å². The van der Waals surface area contributed by atoms with Crippen LogP contribution in [-0.2, 0) is 6.54 Å². The molecule has 100 valence electrons. The third kappa shape index (κ3) is 2.98. The van der Waals surface area contributed by atoms with Gasteiger partial charge in [-0.3, -0.25) is 9.13 Å². The second-order valence-corrected chi connectivity index (χ2v) is 5.47. The molecule has 0 bridgehead atoms. The quantitative estimate of drug-likeness (QED) is 0.866. The Morgan fingerprint density at radius 3 is 2.84 bits per heavy atom. The third-order valence-corrected chi connectivity index (χ3v) is 3.72. The summed E-state index contributed by atoms with van der Waals surface area (Å²) in [7, 11) is 0. The van der Waals surface area contributed by atoms with Crippen LogP contribution in [0.15, 0.2) is 28.6 Å². The fourth-order valence-electron chi connectivity index (χ4n) is 1.82. The van der Waals surface area contributed by atoms with Crippen LogP contribution in [0.3, 0.4) is 0 Å². The highest BCUT2D eigenvalue weighted by molar-refractivity contribution is 7.10. The molecule has 5 heteroatoms. The normalized spacial score (nSPS) is 10.5. The predicted octanol–water partition coefficient (Wildman–Crippen LogP) is 1.65. The molecule has 0 saturated heterocycles. The van der Waals surface area contributed by atoms with Gasteiger partial charge in [-0.2, -0.15) is 0 Å². The smallest absolute Gasteiger partial charge is 0.320 e. The van der Waals surface area contributed by atoms with Crippen molar-refractivity contribution in [3.63, 3.8) is 0 Å². The van der Waals surface area contributed by atoms with Crippen LogP contribution in [0.2, 0.25) is 0 Å². The number of nitrogens with two attached hydrogens (primary N) is 1. The maximum Gasteiger partial charge on any atom is 0.328 e. The van der Waals surface area contributed by atoms with Crippen molar-refractivity contribution in [2.45, 2.75) is 26.4 Å². The van der Waals surface area contributed by atoms with Crippen LogP contribution in [-0.4, -0.2) is 15.7 Å². The van der Waals surface area contributed by atoms with E-state index in [1.165, 1.54) is 0 Å². The molecule has 0 aliphatic carbocycles. The Bertz CT molecular complexity index is 667. The van der Waals surface area contributed by atoms with E-state index >= 15 is 0 Å². The van der Waals surface area contributed by atoms with Gasteiger partial charge in [0.15, 0.2) is 0 Å². The number of thiophene rings is 1.